The van der Waals surface area contributed by atoms with Crippen LogP contribution in [0.4, 0.5) is 0 Å². The van der Waals surface area contributed by atoms with Gasteiger partial charge in [-0.05, 0) is 42.1 Å². The van der Waals surface area contributed by atoms with Crippen molar-refractivity contribution < 1.29 is 4.79 Å². The minimum Gasteiger partial charge on any atom is -0.320 e. The maximum Gasteiger partial charge on any atom is 0.257 e. The van der Waals surface area contributed by atoms with Crippen LogP contribution in [0.2, 0.25) is 0 Å². The molecule has 2 aromatic rings. The van der Waals surface area contributed by atoms with Crippen LogP contribution < -0.4 is 5.43 Å². The molecule has 20 heavy (non-hydrogen) atoms. The molecule has 0 aliphatic heterocycles. The van der Waals surface area contributed by atoms with E-state index in [0.717, 1.165) is 11.4 Å². The SMILES string of the molecule is Cc1cc(=O)c(C(=O)Cl)cn1-c1ccc(C(C)C)cc1. The van der Waals surface area contributed by atoms with E-state index in [9.17, 15) is 9.59 Å². The van der Waals surface area contributed by atoms with Crippen LogP contribution in [0.1, 0.15) is 41.4 Å². The number of aryl methyl sites for hydroxylation is 1. The predicted molar refractivity (Wildman–Crippen MR) is 81.0 cm³/mol. The first-order valence-corrected chi connectivity index (χ1v) is 6.81. The van der Waals surface area contributed by atoms with Crippen molar-refractivity contribution in [1.29, 1.82) is 0 Å². The molecule has 0 radical (unpaired) electrons. The molecule has 3 nitrogen and oxygen atoms in total. The standard InChI is InChI=1S/C16H16ClNO2/c1-10(2)12-4-6-13(7-5-12)18-9-14(16(17)20)15(19)8-11(18)3/h4-10H,1-3H3. The summed E-state index contributed by atoms with van der Waals surface area (Å²) in [5, 5.41) is -0.734. The number of carbonyl (C=O) groups excluding carboxylic acids is 1. The summed E-state index contributed by atoms with van der Waals surface area (Å²) < 4.78 is 1.79. The number of benzene rings is 1. The third-order valence-electron chi connectivity index (χ3n) is 3.29. The van der Waals surface area contributed by atoms with E-state index in [1.54, 1.807) is 4.57 Å². The first kappa shape index (κ1) is 14.5. The molecule has 1 aromatic heterocycles. The largest absolute Gasteiger partial charge is 0.320 e. The van der Waals surface area contributed by atoms with Crippen LogP contribution in [0.15, 0.2) is 41.3 Å². The van der Waals surface area contributed by atoms with Gasteiger partial charge in [-0.1, -0.05) is 26.0 Å². The van der Waals surface area contributed by atoms with Crippen LogP contribution in [0.3, 0.4) is 0 Å². The number of nitrogens with zero attached hydrogens (tertiary/aromatic N) is 1. The number of aromatic nitrogens is 1. The van der Waals surface area contributed by atoms with E-state index >= 15 is 0 Å². The zero-order valence-corrected chi connectivity index (χ0v) is 12.4. The molecule has 0 spiro atoms. The van der Waals surface area contributed by atoms with Gasteiger partial charge in [-0.2, -0.15) is 0 Å². The summed E-state index contributed by atoms with van der Waals surface area (Å²) in [4.78, 5) is 22.9. The van der Waals surface area contributed by atoms with E-state index in [2.05, 4.69) is 13.8 Å². The van der Waals surface area contributed by atoms with Crippen molar-refractivity contribution in [3.05, 3.63) is 63.6 Å². The highest BCUT2D eigenvalue weighted by atomic mass is 35.5. The highest BCUT2D eigenvalue weighted by Gasteiger charge is 2.11. The highest BCUT2D eigenvalue weighted by Crippen LogP contribution is 2.18. The summed E-state index contributed by atoms with van der Waals surface area (Å²) in [6, 6.07) is 9.44. The van der Waals surface area contributed by atoms with Gasteiger partial charge in [-0.3, -0.25) is 9.59 Å². The minimum absolute atomic E-state index is 0.00907. The van der Waals surface area contributed by atoms with Crippen molar-refractivity contribution in [2.75, 3.05) is 0 Å². The maximum atomic E-state index is 11.7. The fraction of sp³-hybridized carbons (Fsp3) is 0.250. The van der Waals surface area contributed by atoms with Gasteiger partial charge in [0.05, 0.1) is 5.56 Å². The fourth-order valence-electron chi connectivity index (χ4n) is 2.08. The Balaban J connectivity index is 2.54. The topological polar surface area (TPSA) is 39.1 Å². The van der Waals surface area contributed by atoms with Gasteiger partial charge < -0.3 is 4.57 Å². The van der Waals surface area contributed by atoms with Crippen molar-refractivity contribution in [2.45, 2.75) is 26.7 Å². The lowest BCUT2D eigenvalue weighted by atomic mass is 10.0. The molecule has 0 fully saturated rings. The van der Waals surface area contributed by atoms with Crippen LogP contribution in [-0.2, 0) is 0 Å². The van der Waals surface area contributed by atoms with Crippen LogP contribution in [0, 0.1) is 6.92 Å². The second-order valence-electron chi connectivity index (χ2n) is 5.08. The van der Waals surface area contributed by atoms with E-state index in [1.165, 1.54) is 17.8 Å². The minimum atomic E-state index is -0.734. The van der Waals surface area contributed by atoms with Gasteiger partial charge in [0.15, 0.2) is 5.43 Å². The number of hydrogen-bond donors (Lipinski definition) is 0. The van der Waals surface area contributed by atoms with Crippen LogP contribution in [0.5, 0.6) is 0 Å². The Bertz CT molecular complexity index is 699. The molecule has 0 saturated heterocycles. The zero-order valence-electron chi connectivity index (χ0n) is 11.7. The lowest BCUT2D eigenvalue weighted by Crippen LogP contribution is -2.16. The van der Waals surface area contributed by atoms with Gasteiger partial charge in [0.1, 0.15) is 0 Å². The molecular formula is C16H16ClNO2. The maximum absolute atomic E-state index is 11.7. The van der Waals surface area contributed by atoms with E-state index in [0.29, 0.717) is 5.92 Å². The number of carbonyl (C=O) groups is 1. The Morgan fingerprint density at radius 3 is 2.30 bits per heavy atom. The van der Waals surface area contributed by atoms with Gasteiger partial charge in [0.25, 0.3) is 5.24 Å². The Morgan fingerprint density at radius 2 is 1.80 bits per heavy atom. The number of pyridine rings is 1. The zero-order chi connectivity index (χ0) is 14.9. The molecule has 0 saturated carbocycles. The molecule has 0 aliphatic carbocycles. The second-order valence-corrected chi connectivity index (χ2v) is 5.43. The quantitative estimate of drug-likeness (QED) is 0.809. The molecule has 0 amide bonds. The van der Waals surface area contributed by atoms with Crippen LogP contribution in [0.25, 0.3) is 5.69 Å². The second kappa shape index (κ2) is 5.63. The summed E-state index contributed by atoms with van der Waals surface area (Å²) >= 11 is 5.43. The number of rotatable bonds is 3. The van der Waals surface area contributed by atoms with Crippen molar-refractivity contribution in [3.8, 4) is 5.69 Å². The Morgan fingerprint density at radius 1 is 1.20 bits per heavy atom. The van der Waals surface area contributed by atoms with Gasteiger partial charge >= 0.3 is 0 Å². The van der Waals surface area contributed by atoms with E-state index in [4.69, 9.17) is 11.6 Å². The summed E-state index contributed by atoms with van der Waals surface area (Å²) in [5.74, 6) is 0.458. The number of hydrogen-bond acceptors (Lipinski definition) is 2. The highest BCUT2D eigenvalue weighted by molar-refractivity contribution is 6.67. The molecule has 2 rings (SSSR count). The number of halogens is 1. The molecule has 0 unspecified atom stereocenters. The summed E-state index contributed by atoms with van der Waals surface area (Å²) in [6.07, 6.45) is 1.50. The molecule has 1 aromatic carbocycles. The summed E-state index contributed by atoms with van der Waals surface area (Å²) in [7, 11) is 0. The smallest absolute Gasteiger partial charge is 0.257 e. The summed E-state index contributed by atoms with van der Waals surface area (Å²) in [5.41, 5.74) is 2.53. The average Bonchev–Trinajstić information content (AvgIpc) is 2.38. The van der Waals surface area contributed by atoms with Crippen LogP contribution >= 0.6 is 11.6 Å². The Kier molecular flexibility index (Phi) is 4.09. The van der Waals surface area contributed by atoms with E-state index in [-0.39, 0.29) is 11.0 Å². The first-order chi connectivity index (χ1) is 9.40. The van der Waals surface area contributed by atoms with Crippen LogP contribution in [-0.4, -0.2) is 9.81 Å². The van der Waals surface area contributed by atoms with Gasteiger partial charge in [0.2, 0.25) is 0 Å². The van der Waals surface area contributed by atoms with Gasteiger partial charge in [0, 0.05) is 23.6 Å². The fourth-order valence-corrected chi connectivity index (χ4v) is 2.22. The Labute approximate surface area is 122 Å². The molecule has 0 atom stereocenters. The molecule has 0 aliphatic rings. The first-order valence-electron chi connectivity index (χ1n) is 6.43. The molecule has 0 N–H and O–H groups in total. The lowest BCUT2D eigenvalue weighted by Gasteiger charge is -2.13. The molecule has 1 heterocycles. The van der Waals surface area contributed by atoms with Crippen molar-refractivity contribution in [2.24, 2.45) is 0 Å². The molecule has 104 valence electrons. The molecule has 4 heteroatoms. The van der Waals surface area contributed by atoms with Gasteiger partial charge in [-0.25, -0.2) is 0 Å². The van der Waals surface area contributed by atoms with Gasteiger partial charge in [-0.15, -0.1) is 0 Å². The van der Waals surface area contributed by atoms with Crippen molar-refractivity contribution >= 4 is 16.8 Å². The third-order valence-corrected chi connectivity index (χ3v) is 3.50. The normalized spacial score (nSPS) is 10.8. The Hall–Kier alpha value is -1.87. The average molecular weight is 290 g/mol. The van der Waals surface area contributed by atoms with E-state index < -0.39 is 5.24 Å². The predicted octanol–water partition coefficient (Wildman–Crippen LogP) is 3.65. The van der Waals surface area contributed by atoms with E-state index in [1.807, 2.05) is 31.2 Å². The third kappa shape index (κ3) is 2.83. The molecule has 0 bridgehead atoms. The lowest BCUT2D eigenvalue weighted by molar-refractivity contribution is 0.108. The van der Waals surface area contributed by atoms with Crippen molar-refractivity contribution in [3.63, 3.8) is 0 Å². The molecular weight excluding hydrogens is 274 g/mol. The summed E-state index contributed by atoms with van der Waals surface area (Å²) in [6.45, 7) is 6.08. The van der Waals surface area contributed by atoms with Crippen molar-refractivity contribution in [1.82, 2.24) is 4.57 Å². The monoisotopic (exact) mass is 289 g/mol.